The van der Waals surface area contributed by atoms with Crippen LogP contribution in [-0.2, 0) is 16.6 Å². The molecular weight excluding hydrogens is 296 g/mol. The second-order valence-electron chi connectivity index (χ2n) is 7.89. The average Bonchev–Trinajstić information content (AvgIpc) is 2.53. The first-order valence-corrected chi connectivity index (χ1v) is 8.99. The Labute approximate surface area is 146 Å². The third-order valence-corrected chi connectivity index (χ3v) is 5.12. The molecule has 1 aromatic carbocycles. The van der Waals surface area contributed by atoms with Gasteiger partial charge in [-0.15, -0.1) is 0 Å². The van der Waals surface area contributed by atoms with Crippen LogP contribution in [-0.4, -0.2) is 11.1 Å². The fraction of sp³-hybridized carbons (Fsp3) is 0.500. The van der Waals surface area contributed by atoms with E-state index >= 15 is 0 Å². The van der Waals surface area contributed by atoms with Gasteiger partial charge >= 0.3 is 5.97 Å². The Morgan fingerprint density at radius 1 is 1.21 bits per heavy atom. The van der Waals surface area contributed by atoms with Crippen molar-refractivity contribution in [3.63, 3.8) is 0 Å². The number of carboxylic acids is 1. The Kier molecular flexibility index (Phi) is 5.69. The van der Waals surface area contributed by atoms with Gasteiger partial charge in [0.05, 0.1) is 5.41 Å². The zero-order chi connectivity index (χ0) is 17.8. The molecule has 1 aromatic rings. The maximum atomic E-state index is 12.0. The molecule has 24 heavy (non-hydrogen) atoms. The topological polar surface area (TPSA) is 37.3 Å². The highest BCUT2D eigenvalue weighted by atomic mass is 16.4. The zero-order valence-corrected chi connectivity index (χ0v) is 15.4. The van der Waals surface area contributed by atoms with Crippen LogP contribution in [0, 0.1) is 11.3 Å². The minimum atomic E-state index is -0.750. The quantitative estimate of drug-likeness (QED) is 0.746. The largest absolute Gasteiger partial charge is 0.481 e. The van der Waals surface area contributed by atoms with Crippen LogP contribution in [0.4, 0.5) is 0 Å². The first kappa shape index (κ1) is 18.5. The summed E-state index contributed by atoms with van der Waals surface area (Å²) >= 11 is 0. The molecule has 2 atom stereocenters. The Morgan fingerprint density at radius 2 is 1.92 bits per heavy atom. The van der Waals surface area contributed by atoms with E-state index in [9.17, 15) is 9.90 Å². The summed E-state index contributed by atoms with van der Waals surface area (Å²) in [6.45, 7) is 8.75. The predicted molar refractivity (Wildman–Crippen MR) is 100 cm³/mol. The molecule has 0 fully saturated rings. The van der Waals surface area contributed by atoms with Crippen LogP contribution < -0.4 is 0 Å². The van der Waals surface area contributed by atoms with E-state index in [0.717, 1.165) is 19.3 Å². The van der Waals surface area contributed by atoms with Gasteiger partial charge in [-0.25, -0.2) is 0 Å². The number of aryl methyl sites for hydroxylation is 1. The van der Waals surface area contributed by atoms with Crippen molar-refractivity contribution < 1.29 is 9.90 Å². The Bertz CT molecular complexity index is 634. The molecule has 1 aliphatic rings. The summed E-state index contributed by atoms with van der Waals surface area (Å²) in [4.78, 5) is 12.0. The minimum absolute atomic E-state index is 0.0491. The summed E-state index contributed by atoms with van der Waals surface area (Å²) in [6.07, 6.45) is 11.2. The number of aliphatic carboxylic acids is 1. The van der Waals surface area contributed by atoms with Crippen molar-refractivity contribution in [3.05, 3.63) is 59.7 Å². The van der Waals surface area contributed by atoms with Crippen LogP contribution in [0.3, 0.4) is 0 Å². The zero-order valence-electron chi connectivity index (χ0n) is 15.4. The monoisotopic (exact) mass is 326 g/mol. The van der Waals surface area contributed by atoms with Crippen molar-refractivity contribution in [1.29, 1.82) is 0 Å². The number of rotatable bonds is 6. The molecule has 0 radical (unpaired) electrons. The standard InChI is InChI=1S/C22H30O2/c1-5-15-22(20(23)24)16-9-8-11-18(22)14-13-17-10-6-7-12-19(17)21(2,3)4/h6-12,16,18H,5,13-15H2,1-4H3,(H,23,24). The Morgan fingerprint density at radius 3 is 2.54 bits per heavy atom. The average molecular weight is 326 g/mol. The molecule has 0 aromatic heterocycles. The summed E-state index contributed by atoms with van der Waals surface area (Å²) < 4.78 is 0. The molecule has 1 aliphatic carbocycles. The molecule has 2 nitrogen and oxygen atoms in total. The van der Waals surface area contributed by atoms with E-state index in [1.54, 1.807) is 0 Å². The molecule has 0 amide bonds. The number of hydrogen-bond donors (Lipinski definition) is 1. The van der Waals surface area contributed by atoms with Gasteiger partial charge < -0.3 is 5.11 Å². The Balaban J connectivity index is 2.23. The molecular formula is C22H30O2. The van der Waals surface area contributed by atoms with Gasteiger partial charge in [0.25, 0.3) is 0 Å². The smallest absolute Gasteiger partial charge is 0.314 e. The van der Waals surface area contributed by atoms with Crippen LogP contribution in [0.25, 0.3) is 0 Å². The minimum Gasteiger partial charge on any atom is -0.481 e. The predicted octanol–water partition coefficient (Wildman–Crippen LogP) is 5.53. The van der Waals surface area contributed by atoms with Crippen molar-refractivity contribution >= 4 is 5.97 Å². The van der Waals surface area contributed by atoms with E-state index in [-0.39, 0.29) is 11.3 Å². The lowest BCUT2D eigenvalue weighted by Gasteiger charge is -2.35. The highest BCUT2D eigenvalue weighted by Gasteiger charge is 2.42. The van der Waals surface area contributed by atoms with Crippen molar-refractivity contribution in [1.82, 2.24) is 0 Å². The van der Waals surface area contributed by atoms with Crippen LogP contribution in [0.2, 0.25) is 0 Å². The lowest BCUT2D eigenvalue weighted by atomic mass is 9.67. The van der Waals surface area contributed by atoms with Gasteiger partial charge in [0.1, 0.15) is 0 Å². The number of hydrogen-bond acceptors (Lipinski definition) is 1. The first-order valence-electron chi connectivity index (χ1n) is 8.99. The van der Waals surface area contributed by atoms with Crippen LogP contribution in [0.1, 0.15) is 58.1 Å². The fourth-order valence-electron chi connectivity index (χ4n) is 3.87. The van der Waals surface area contributed by atoms with Gasteiger partial charge in [-0.1, -0.05) is 82.7 Å². The number of allylic oxidation sites excluding steroid dienone is 3. The second kappa shape index (κ2) is 7.38. The molecule has 0 bridgehead atoms. The molecule has 0 saturated heterocycles. The molecule has 1 N–H and O–H groups in total. The maximum Gasteiger partial charge on any atom is 0.314 e. The van der Waals surface area contributed by atoms with Crippen molar-refractivity contribution in [3.8, 4) is 0 Å². The van der Waals surface area contributed by atoms with Gasteiger partial charge in [-0.2, -0.15) is 0 Å². The molecule has 0 heterocycles. The van der Waals surface area contributed by atoms with Gasteiger partial charge in [-0.05, 0) is 41.7 Å². The number of benzene rings is 1. The van der Waals surface area contributed by atoms with Gasteiger partial charge in [-0.3, -0.25) is 4.79 Å². The van der Waals surface area contributed by atoms with E-state index < -0.39 is 11.4 Å². The SMILES string of the molecule is CCCC1(C(=O)O)C=CC=CC1CCc1ccccc1C(C)(C)C. The molecule has 2 rings (SSSR count). The third kappa shape index (κ3) is 3.80. The summed E-state index contributed by atoms with van der Waals surface area (Å²) in [5.41, 5.74) is 2.05. The highest BCUT2D eigenvalue weighted by Crippen LogP contribution is 2.41. The van der Waals surface area contributed by atoms with E-state index in [0.29, 0.717) is 6.42 Å². The lowest BCUT2D eigenvalue weighted by molar-refractivity contribution is -0.148. The third-order valence-electron chi connectivity index (χ3n) is 5.12. The Hall–Kier alpha value is -1.83. The van der Waals surface area contributed by atoms with Gasteiger partial charge in [0.2, 0.25) is 0 Å². The molecule has 0 spiro atoms. The van der Waals surface area contributed by atoms with Crippen molar-refractivity contribution in [2.75, 3.05) is 0 Å². The lowest BCUT2D eigenvalue weighted by Crippen LogP contribution is -2.37. The van der Waals surface area contributed by atoms with E-state index in [4.69, 9.17) is 0 Å². The van der Waals surface area contributed by atoms with E-state index in [1.165, 1.54) is 11.1 Å². The number of carboxylic acid groups (broad SMARTS) is 1. The van der Waals surface area contributed by atoms with E-state index in [2.05, 4.69) is 58.0 Å². The highest BCUT2D eigenvalue weighted by molar-refractivity contribution is 5.78. The van der Waals surface area contributed by atoms with Crippen LogP contribution in [0.5, 0.6) is 0 Å². The molecule has 130 valence electrons. The van der Waals surface area contributed by atoms with Gasteiger partial charge in [0.15, 0.2) is 0 Å². The molecule has 0 saturated carbocycles. The fourth-order valence-corrected chi connectivity index (χ4v) is 3.87. The summed E-state index contributed by atoms with van der Waals surface area (Å²) in [5.74, 6) is -0.646. The molecule has 2 heteroatoms. The molecule has 2 unspecified atom stereocenters. The van der Waals surface area contributed by atoms with E-state index in [1.807, 2.05) is 18.2 Å². The van der Waals surface area contributed by atoms with Gasteiger partial charge in [0, 0.05) is 0 Å². The van der Waals surface area contributed by atoms with Crippen molar-refractivity contribution in [2.24, 2.45) is 11.3 Å². The molecule has 0 aliphatic heterocycles. The summed E-state index contributed by atoms with van der Waals surface area (Å²) in [6, 6.07) is 8.55. The normalized spacial score (nSPS) is 23.4. The van der Waals surface area contributed by atoms with Crippen molar-refractivity contribution in [2.45, 2.75) is 58.8 Å². The summed E-state index contributed by atoms with van der Waals surface area (Å²) in [5, 5.41) is 9.89. The number of carbonyl (C=O) groups is 1. The second-order valence-corrected chi connectivity index (χ2v) is 7.89. The summed E-state index contributed by atoms with van der Waals surface area (Å²) in [7, 11) is 0. The van der Waals surface area contributed by atoms with Crippen LogP contribution >= 0.6 is 0 Å². The maximum absolute atomic E-state index is 12.0. The van der Waals surface area contributed by atoms with Crippen LogP contribution in [0.15, 0.2) is 48.6 Å². The first-order chi connectivity index (χ1) is 11.3.